The maximum absolute atomic E-state index is 11.3. The van der Waals surface area contributed by atoms with Gasteiger partial charge in [0.2, 0.25) is 0 Å². The standard InChI is InChI=1S/C11H13NO4S/c13-10(14)8-2-1-4-12(8)9(11(15)16)7-3-5-17-6-7/h3,5-6,8-9H,1-2,4H2,(H,13,14)(H,15,16). The molecule has 17 heavy (non-hydrogen) atoms. The Bertz CT molecular complexity index is 417. The monoisotopic (exact) mass is 255 g/mol. The summed E-state index contributed by atoms with van der Waals surface area (Å²) in [5, 5.41) is 21.9. The number of likely N-dealkylation sites (tertiary alicyclic amines) is 1. The van der Waals surface area contributed by atoms with Crippen molar-refractivity contribution in [3.63, 3.8) is 0 Å². The second kappa shape index (κ2) is 4.85. The maximum atomic E-state index is 11.3. The van der Waals surface area contributed by atoms with Crippen molar-refractivity contribution in [2.45, 2.75) is 24.9 Å². The number of nitrogens with zero attached hydrogens (tertiary/aromatic N) is 1. The van der Waals surface area contributed by atoms with Crippen molar-refractivity contribution in [3.05, 3.63) is 22.4 Å². The Morgan fingerprint density at radius 1 is 1.47 bits per heavy atom. The minimum Gasteiger partial charge on any atom is -0.480 e. The van der Waals surface area contributed by atoms with Crippen LogP contribution in [0.25, 0.3) is 0 Å². The van der Waals surface area contributed by atoms with Crippen LogP contribution in [0.4, 0.5) is 0 Å². The van der Waals surface area contributed by atoms with Crippen LogP contribution in [0.2, 0.25) is 0 Å². The van der Waals surface area contributed by atoms with Crippen molar-refractivity contribution in [1.82, 2.24) is 4.90 Å². The van der Waals surface area contributed by atoms with Gasteiger partial charge in [0.15, 0.2) is 0 Å². The van der Waals surface area contributed by atoms with Gasteiger partial charge in [0.1, 0.15) is 12.1 Å². The van der Waals surface area contributed by atoms with Crippen molar-refractivity contribution >= 4 is 23.3 Å². The van der Waals surface area contributed by atoms with Crippen LogP contribution in [0.3, 0.4) is 0 Å². The van der Waals surface area contributed by atoms with E-state index in [1.807, 2.05) is 0 Å². The van der Waals surface area contributed by atoms with Crippen molar-refractivity contribution in [2.24, 2.45) is 0 Å². The van der Waals surface area contributed by atoms with E-state index in [4.69, 9.17) is 5.11 Å². The summed E-state index contributed by atoms with van der Waals surface area (Å²) in [7, 11) is 0. The molecule has 1 fully saturated rings. The summed E-state index contributed by atoms with van der Waals surface area (Å²) in [6.07, 6.45) is 1.24. The number of carboxylic acids is 2. The van der Waals surface area contributed by atoms with Gasteiger partial charge in [-0.25, -0.2) is 0 Å². The van der Waals surface area contributed by atoms with Crippen LogP contribution in [0, 0.1) is 0 Å². The molecule has 0 saturated carbocycles. The van der Waals surface area contributed by atoms with Crippen LogP contribution in [0.1, 0.15) is 24.4 Å². The van der Waals surface area contributed by atoms with E-state index in [9.17, 15) is 14.7 Å². The number of carbonyl (C=O) groups is 2. The molecule has 2 heterocycles. The second-order valence-corrected chi connectivity index (χ2v) is 4.81. The molecule has 0 radical (unpaired) electrons. The predicted molar refractivity (Wildman–Crippen MR) is 62.1 cm³/mol. The Balaban J connectivity index is 2.28. The first-order chi connectivity index (χ1) is 8.11. The minimum atomic E-state index is -0.989. The molecule has 1 aliphatic rings. The van der Waals surface area contributed by atoms with Crippen LogP contribution in [0.5, 0.6) is 0 Å². The molecule has 0 bridgehead atoms. The lowest BCUT2D eigenvalue weighted by Crippen LogP contribution is -2.41. The van der Waals surface area contributed by atoms with Gasteiger partial charge < -0.3 is 10.2 Å². The van der Waals surface area contributed by atoms with Gasteiger partial charge in [-0.05, 0) is 35.2 Å². The van der Waals surface area contributed by atoms with Gasteiger partial charge in [-0.1, -0.05) is 0 Å². The predicted octanol–water partition coefficient (Wildman–Crippen LogP) is 1.42. The number of rotatable bonds is 4. The lowest BCUT2D eigenvalue weighted by atomic mass is 10.1. The van der Waals surface area contributed by atoms with Gasteiger partial charge in [-0.3, -0.25) is 14.5 Å². The Morgan fingerprint density at radius 3 is 2.76 bits per heavy atom. The van der Waals surface area contributed by atoms with Crippen LogP contribution < -0.4 is 0 Å². The van der Waals surface area contributed by atoms with Gasteiger partial charge in [-0.15, -0.1) is 0 Å². The zero-order valence-electron chi connectivity index (χ0n) is 9.07. The molecule has 0 aliphatic carbocycles. The van der Waals surface area contributed by atoms with E-state index < -0.39 is 24.0 Å². The van der Waals surface area contributed by atoms with E-state index >= 15 is 0 Å². The largest absolute Gasteiger partial charge is 0.480 e. The fourth-order valence-corrected chi connectivity index (χ4v) is 2.95. The molecule has 1 saturated heterocycles. The molecule has 2 atom stereocenters. The molecule has 0 aromatic carbocycles. The topological polar surface area (TPSA) is 77.8 Å². The molecule has 2 unspecified atom stereocenters. The zero-order valence-corrected chi connectivity index (χ0v) is 9.89. The van der Waals surface area contributed by atoms with Crippen molar-refractivity contribution in [1.29, 1.82) is 0 Å². The Kier molecular flexibility index (Phi) is 3.44. The highest BCUT2D eigenvalue weighted by molar-refractivity contribution is 7.08. The Morgan fingerprint density at radius 2 is 2.24 bits per heavy atom. The average molecular weight is 255 g/mol. The number of carboxylic acid groups (broad SMARTS) is 2. The van der Waals surface area contributed by atoms with Crippen molar-refractivity contribution in [3.8, 4) is 0 Å². The number of hydrogen-bond donors (Lipinski definition) is 2. The van der Waals surface area contributed by atoms with Gasteiger partial charge >= 0.3 is 11.9 Å². The van der Waals surface area contributed by atoms with E-state index in [0.29, 0.717) is 18.5 Å². The van der Waals surface area contributed by atoms with Gasteiger partial charge in [-0.2, -0.15) is 11.3 Å². The highest BCUT2D eigenvalue weighted by atomic mass is 32.1. The highest BCUT2D eigenvalue weighted by Crippen LogP contribution is 2.30. The van der Waals surface area contributed by atoms with Crippen LogP contribution in [0.15, 0.2) is 16.8 Å². The van der Waals surface area contributed by atoms with Crippen LogP contribution >= 0.6 is 11.3 Å². The van der Waals surface area contributed by atoms with Gasteiger partial charge in [0.25, 0.3) is 0 Å². The van der Waals surface area contributed by atoms with E-state index in [0.717, 1.165) is 6.42 Å². The smallest absolute Gasteiger partial charge is 0.325 e. The normalized spacial score (nSPS) is 22.5. The fourth-order valence-electron chi connectivity index (χ4n) is 2.27. The third-order valence-electron chi connectivity index (χ3n) is 3.00. The molecule has 6 heteroatoms. The molecule has 1 aliphatic heterocycles. The van der Waals surface area contributed by atoms with Crippen LogP contribution in [-0.4, -0.2) is 39.6 Å². The first-order valence-electron chi connectivity index (χ1n) is 5.34. The summed E-state index contributed by atoms with van der Waals surface area (Å²) in [5.74, 6) is -1.93. The number of hydrogen-bond acceptors (Lipinski definition) is 4. The molecule has 2 N–H and O–H groups in total. The zero-order chi connectivity index (χ0) is 12.4. The summed E-state index contributed by atoms with van der Waals surface area (Å²) in [4.78, 5) is 24.0. The first-order valence-corrected chi connectivity index (χ1v) is 6.29. The maximum Gasteiger partial charge on any atom is 0.325 e. The molecule has 0 amide bonds. The summed E-state index contributed by atoms with van der Waals surface area (Å²) < 4.78 is 0. The molecule has 1 aromatic rings. The molecule has 92 valence electrons. The third-order valence-corrected chi connectivity index (χ3v) is 3.71. The van der Waals surface area contributed by atoms with E-state index in [2.05, 4.69) is 0 Å². The second-order valence-electron chi connectivity index (χ2n) is 4.03. The molecule has 1 aromatic heterocycles. The molecular weight excluding hydrogens is 242 g/mol. The fraction of sp³-hybridized carbons (Fsp3) is 0.455. The Labute approximate surface area is 102 Å². The molecule has 0 spiro atoms. The SMILES string of the molecule is O=C(O)C1CCCN1C(C(=O)O)c1ccsc1. The molecule has 5 nitrogen and oxygen atoms in total. The minimum absolute atomic E-state index is 0.517. The number of thiophene rings is 1. The van der Waals surface area contributed by atoms with E-state index in [1.165, 1.54) is 11.3 Å². The lowest BCUT2D eigenvalue weighted by molar-refractivity contribution is -0.149. The van der Waals surface area contributed by atoms with E-state index in [1.54, 1.807) is 21.7 Å². The summed E-state index contributed by atoms with van der Waals surface area (Å²) >= 11 is 1.42. The van der Waals surface area contributed by atoms with Gasteiger partial charge in [0.05, 0.1) is 0 Å². The summed E-state index contributed by atoms with van der Waals surface area (Å²) in [6.45, 7) is 0.518. The summed E-state index contributed by atoms with van der Waals surface area (Å²) in [5.41, 5.74) is 0.663. The highest BCUT2D eigenvalue weighted by Gasteiger charge is 2.39. The van der Waals surface area contributed by atoms with Crippen molar-refractivity contribution < 1.29 is 19.8 Å². The quantitative estimate of drug-likeness (QED) is 0.850. The number of aliphatic carboxylic acids is 2. The molecular formula is C11H13NO4S. The van der Waals surface area contributed by atoms with Crippen LogP contribution in [-0.2, 0) is 9.59 Å². The van der Waals surface area contributed by atoms with Gasteiger partial charge in [0, 0.05) is 6.54 Å². The molecule has 2 rings (SSSR count). The average Bonchev–Trinajstić information content (AvgIpc) is 2.87. The van der Waals surface area contributed by atoms with Crippen molar-refractivity contribution in [2.75, 3.05) is 6.54 Å². The third kappa shape index (κ3) is 2.32. The first kappa shape index (κ1) is 12.1. The summed E-state index contributed by atoms with van der Waals surface area (Å²) in [6, 6.07) is 0.210. The Hall–Kier alpha value is -1.40. The van der Waals surface area contributed by atoms with E-state index in [-0.39, 0.29) is 0 Å². The lowest BCUT2D eigenvalue weighted by Gasteiger charge is -2.27.